The molecule has 2 aromatic heterocycles. The normalized spacial score (nSPS) is 18.8. The molecule has 1 unspecified atom stereocenters. The molecule has 210 valence electrons. The fraction of sp³-hybridized carbons (Fsp3) is 0.286. The van der Waals surface area contributed by atoms with Gasteiger partial charge in [-0.3, -0.25) is 29.2 Å². The average Bonchev–Trinajstić information content (AvgIpc) is 3.32. The highest BCUT2D eigenvalue weighted by Crippen LogP contribution is 2.39. The van der Waals surface area contributed by atoms with Crippen molar-refractivity contribution in [2.24, 2.45) is 0 Å². The van der Waals surface area contributed by atoms with E-state index in [1.54, 1.807) is 12.1 Å². The van der Waals surface area contributed by atoms with Gasteiger partial charge in [0.1, 0.15) is 23.7 Å². The van der Waals surface area contributed by atoms with Crippen LogP contribution in [0.3, 0.4) is 0 Å². The standard InChI is InChI=1S/C28H22ClF3N6O3/c29-21-4-2-1-3-20(21)25(26(40)36-18-11-28(31,32)12-18)37(19-10-17(30)14-34-15-19)27(41)22-5-6-24(39)38(22)23-9-16(13-33)7-8-35-23/h1-4,7-10,14-15,18,22,25H,5-6,11-12H2,(H,36,40)/t22-,25?/m0/s1. The Balaban J connectivity index is 1.61. The fourth-order valence-electron chi connectivity index (χ4n) is 5.06. The Labute approximate surface area is 237 Å². The second-order valence-electron chi connectivity index (χ2n) is 9.80. The van der Waals surface area contributed by atoms with Gasteiger partial charge in [-0.2, -0.15) is 5.26 Å². The Morgan fingerprint density at radius 1 is 1.20 bits per heavy atom. The minimum absolute atomic E-state index is 0.0288. The van der Waals surface area contributed by atoms with E-state index in [9.17, 15) is 32.8 Å². The Morgan fingerprint density at radius 3 is 2.63 bits per heavy atom. The van der Waals surface area contributed by atoms with Crippen LogP contribution in [-0.4, -0.2) is 45.7 Å². The van der Waals surface area contributed by atoms with E-state index in [4.69, 9.17) is 11.6 Å². The summed E-state index contributed by atoms with van der Waals surface area (Å²) in [4.78, 5) is 51.2. The second-order valence-corrected chi connectivity index (χ2v) is 10.2. The topological polar surface area (TPSA) is 119 Å². The van der Waals surface area contributed by atoms with Gasteiger partial charge in [-0.25, -0.2) is 18.2 Å². The van der Waals surface area contributed by atoms with Crippen molar-refractivity contribution in [1.82, 2.24) is 15.3 Å². The lowest BCUT2D eigenvalue weighted by Crippen LogP contribution is -2.56. The van der Waals surface area contributed by atoms with E-state index < -0.39 is 60.4 Å². The number of rotatable bonds is 7. The second kappa shape index (κ2) is 11.2. The van der Waals surface area contributed by atoms with Gasteiger partial charge in [0.15, 0.2) is 0 Å². The Bertz CT molecular complexity index is 1560. The molecule has 0 bridgehead atoms. The molecule has 41 heavy (non-hydrogen) atoms. The molecule has 0 radical (unpaired) electrons. The molecule has 3 aromatic rings. The van der Waals surface area contributed by atoms with E-state index in [0.29, 0.717) is 0 Å². The molecule has 5 rings (SSSR count). The number of hydrogen-bond acceptors (Lipinski definition) is 6. The van der Waals surface area contributed by atoms with Crippen LogP contribution in [0, 0.1) is 17.1 Å². The van der Waals surface area contributed by atoms with E-state index >= 15 is 0 Å². The lowest BCUT2D eigenvalue weighted by atomic mass is 9.87. The molecule has 1 aromatic carbocycles. The van der Waals surface area contributed by atoms with Gasteiger partial charge in [-0.15, -0.1) is 0 Å². The molecule has 3 amide bonds. The highest BCUT2D eigenvalue weighted by atomic mass is 35.5. The predicted molar refractivity (Wildman–Crippen MR) is 141 cm³/mol. The number of anilines is 2. The summed E-state index contributed by atoms with van der Waals surface area (Å²) in [5, 5.41) is 12.0. The van der Waals surface area contributed by atoms with E-state index in [1.165, 1.54) is 36.7 Å². The first-order valence-electron chi connectivity index (χ1n) is 12.6. The third-order valence-corrected chi connectivity index (χ3v) is 7.31. The number of pyridine rings is 2. The Kier molecular flexibility index (Phi) is 7.64. The molecule has 3 heterocycles. The van der Waals surface area contributed by atoms with Crippen LogP contribution in [0.4, 0.5) is 24.7 Å². The Morgan fingerprint density at radius 2 is 1.95 bits per heavy atom. The number of alkyl halides is 2. The van der Waals surface area contributed by atoms with Crippen LogP contribution >= 0.6 is 11.6 Å². The summed E-state index contributed by atoms with van der Waals surface area (Å²) >= 11 is 6.47. The van der Waals surface area contributed by atoms with Crippen molar-refractivity contribution in [3.05, 3.63) is 83.0 Å². The number of carbonyl (C=O) groups is 3. The maximum atomic E-state index is 14.4. The molecule has 1 aliphatic carbocycles. The molecule has 1 N–H and O–H groups in total. The summed E-state index contributed by atoms with van der Waals surface area (Å²) in [6.07, 6.45) is 2.25. The summed E-state index contributed by atoms with van der Waals surface area (Å²) in [5.74, 6) is -5.73. The van der Waals surface area contributed by atoms with Crippen molar-refractivity contribution < 1.29 is 27.6 Å². The number of benzene rings is 1. The highest BCUT2D eigenvalue weighted by Gasteiger charge is 2.48. The minimum Gasteiger partial charge on any atom is -0.351 e. The van der Waals surface area contributed by atoms with Crippen molar-refractivity contribution in [3.8, 4) is 6.07 Å². The summed E-state index contributed by atoms with van der Waals surface area (Å²) in [6.45, 7) is 0. The summed E-state index contributed by atoms with van der Waals surface area (Å²) in [7, 11) is 0. The average molecular weight is 583 g/mol. The molecule has 13 heteroatoms. The van der Waals surface area contributed by atoms with Gasteiger partial charge in [0.25, 0.3) is 11.8 Å². The van der Waals surface area contributed by atoms with E-state index in [0.717, 1.165) is 22.1 Å². The first-order valence-corrected chi connectivity index (χ1v) is 13.0. The first-order chi connectivity index (χ1) is 19.6. The largest absolute Gasteiger partial charge is 0.351 e. The lowest BCUT2D eigenvalue weighted by Gasteiger charge is -2.39. The van der Waals surface area contributed by atoms with Gasteiger partial charge >= 0.3 is 0 Å². The maximum Gasteiger partial charge on any atom is 0.252 e. The summed E-state index contributed by atoms with van der Waals surface area (Å²) in [5.41, 5.74) is 0.237. The zero-order chi connectivity index (χ0) is 29.3. The third-order valence-electron chi connectivity index (χ3n) is 6.97. The molecule has 9 nitrogen and oxygen atoms in total. The molecule has 1 aliphatic heterocycles. The SMILES string of the molecule is N#Cc1ccnc(N2C(=O)CC[C@H]2C(=O)N(c2cncc(F)c2)C(C(=O)NC2CC(F)(F)C2)c2ccccc2Cl)c1. The molecule has 2 aliphatic rings. The Hall–Kier alpha value is -4.50. The molecule has 1 saturated carbocycles. The molecule has 2 atom stereocenters. The number of nitrogens with one attached hydrogen (secondary N) is 1. The van der Waals surface area contributed by atoms with Crippen molar-refractivity contribution in [2.75, 3.05) is 9.80 Å². The third kappa shape index (κ3) is 5.71. The molecule has 0 spiro atoms. The predicted octanol–water partition coefficient (Wildman–Crippen LogP) is 4.32. The monoisotopic (exact) mass is 582 g/mol. The first kappa shape index (κ1) is 28.0. The zero-order valence-corrected chi connectivity index (χ0v) is 22.1. The maximum absolute atomic E-state index is 14.4. The van der Waals surface area contributed by atoms with E-state index in [-0.39, 0.29) is 40.5 Å². The van der Waals surface area contributed by atoms with E-state index in [1.807, 2.05) is 6.07 Å². The van der Waals surface area contributed by atoms with Crippen LogP contribution in [-0.2, 0) is 14.4 Å². The fourth-order valence-corrected chi connectivity index (χ4v) is 5.30. The van der Waals surface area contributed by atoms with Crippen LogP contribution in [0.1, 0.15) is 42.9 Å². The van der Waals surface area contributed by atoms with Crippen molar-refractivity contribution in [3.63, 3.8) is 0 Å². The number of carbonyl (C=O) groups excluding carboxylic acids is 3. The van der Waals surface area contributed by atoms with Crippen molar-refractivity contribution in [1.29, 1.82) is 5.26 Å². The zero-order valence-electron chi connectivity index (χ0n) is 21.3. The number of aromatic nitrogens is 2. The van der Waals surface area contributed by atoms with Gasteiger partial charge in [0, 0.05) is 48.2 Å². The molecular weight excluding hydrogens is 561 g/mol. The van der Waals surface area contributed by atoms with Gasteiger partial charge in [0.05, 0.1) is 29.7 Å². The summed E-state index contributed by atoms with van der Waals surface area (Å²) < 4.78 is 41.6. The van der Waals surface area contributed by atoms with Crippen LogP contribution in [0.25, 0.3) is 0 Å². The van der Waals surface area contributed by atoms with Crippen LogP contribution < -0.4 is 15.1 Å². The lowest BCUT2D eigenvalue weighted by molar-refractivity contribution is -0.133. The molecule has 2 fully saturated rings. The van der Waals surface area contributed by atoms with Crippen molar-refractivity contribution >= 4 is 40.8 Å². The number of halogens is 4. The van der Waals surface area contributed by atoms with Crippen molar-refractivity contribution in [2.45, 2.75) is 49.7 Å². The number of amides is 3. The molecular formula is C28H22ClF3N6O3. The van der Waals surface area contributed by atoms with Gasteiger partial charge in [-0.05, 0) is 24.6 Å². The van der Waals surface area contributed by atoms with Gasteiger partial charge in [0.2, 0.25) is 11.8 Å². The van der Waals surface area contributed by atoms with Crippen LogP contribution in [0.5, 0.6) is 0 Å². The molecule has 1 saturated heterocycles. The summed E-state index contributed by atoms with van der Waals surface area (Å²) in [6, 6.07) is 8.32. The number of hydrogen-bond donors (Lipinski definition) is 1. The number of nitrogens with zero attached hydrogens (tertiary/aromatic N) is 5. The van der Waals surface area contributed by atoms with E-state index in [2.05, 4.69) is 15.3 Å². The number of nitriles is 1. The minimum atomic E-state index is -2.92. The van der Waals surface area contributed by atoms with Crippen LogP contribution in [0.15, 0.2) is 61.1 Å². The quantitative estimate of drug-likeness (QED) is 0.443. The van der Waals surface area contributed by atoms with Gasteiger partial charge < -0.3 is 5.32 Å². The smallest absolute Gasteiger partial charge is 0.252 e. The van der Waals surface area contributed by atoms with Crippen LogP contribution in [0.2, 0.25) is 5.02 Å². The van der Waals surface area contributed by atoms with Gasteiger partial charge in [-0.1, -0.05) is 29.8 Å². The highest BCUT2D eigenvalue weighted by molar-refractivity contribution is 6.31.